The van der Waals surface area contributed by atoms with Crippen molar-refractivity contribution in [2.45, 2.75) is 24.9 Å². The summed E-state index contributed by atoms with van der Waals surface area (Å²) in [5.41, 5.74) is 3.14. The fourth-order valence-electron chi connectivity index (χ4n) is 4.34. The summed E-state index contributed by atoms with van der Waals surface area (Å²) < 4.78 is 12.4. The summed E-state index contributed by atoms with van der Waals surface area (Å²) in [5, 5.41) is 11.0. The molecule has 0 unspecified atom stereocenters. The summed E-state index contributed by atoms with van der Waals surface area (Å²) in [6.07, 6.45) is 1.00. The highest BCUT2D eigenvalue weighted by Gasteiger charge is 2.31. The number of anilines is 2. The third-order valence-electron chi connectivity index (χ3n) is 6.17. The lowest BCUT2D eigenvalue weighted by Gasteiger charge is -2.31. The van der Waals surface area contributed by atoms with Gasteiger partial charge < -0.3 is 14.8 Å². The molecule has 3 aromatic carbocycles. The van der Waals surface area contributed by atoms with Crippen LogP contribution < -0.4 is 20.1 Å². The predicted molar refractivity (Wildman–Crippen MR) is 134 cm³/mol. The molecule has 4 aromatic rings. The van der Waals surface area contributed by atoms with Crippen molar-refractivity contribution in [2.24, 2.45) is 0 Å². The lowest BCUT2D eigenvalue weighted by atomic mass is 9.93. The first kappa shape index (κ1) is 22.5. The van der Waals surface area contributed by atoms with Crippen molar-refractivity contribution < 1.29 is 14.3 Å². The van der Waals surface area contributed by atoms with E-state index in [0.717, 1.165) is 29.0 Å². The van der Waals surface area contributed by atoms with Crippen molar-refractivity contribution >= 4 is 17.8 Å². The van der Waals surface area contributed by atoms with E-state index in [9.17, 15) is 4.79 Å². The van der Waals surface area contributed by atoms with E-state index < -0.39 is 0 Å². The fourth-order valence-corrected chi connectivity index (χ4v) is 4.34. The Morgan fingerprint density at radius 3 is 2.26 bits per heavy atom. The molecule has 1 aromatic heterocycles. The average Bonchev–Trinajstić information content (AvgIpc) is 3.31. The summed E-state index contributed by atoms with van der Waals surface area (Å²) >= 11 is 0. The molecule has 5 rings (SSSR count). The van der Waals surface area contributed by atoms with Crippen molar-refractivity contribution in [3.63, 3.8) is 0 Å². The normalized spacial score (nSPS) is 16.6. The molecule has 0 fully saturated rings. The van der Waals surface area contributed by atoms with Crippen LogP contribution in [0.1, 0.15) is 35.2 Å². The highest BCUT2D eigenvalue weighted by molar-refractivity contribution is 5.90. The Kier molecular flexibility index (Phi) is 6.34. The highest BCUT2D eigenvalue weighted by Crippen LogP contribution is 2.38. The van der Waals surface area contributed by atoms with Crippen LogP contribution in [0.3, 0.4) is 0 Å². The molecule has 0 radical (unpaired) electrons. The Morgan fingerprint density at radius 1 is 0.943 bits per heavy atom. The maximum Gasteiger partial charge on any atom is 0.250 e. The number of benzene rings is 3. The number of nitrogens with zero attached hydrogens (tertiary/aromatic N) is 3. The zero-order chi connectivity index (χ0) is 24.2. The molecular weight excluding hydrogens is 442 g/mol. The molecule has 35 heavy (non-hydrogen) atoms. The Bertz CT molecular complexity index is 1290. The van der Waals surface area contributed by atoms with Crippen molar-refractivity contribution in [2.75, 3.05) is 24.9 Å². The molecule has 0 saturated carbocycles. The van der Waals surface area contributed by atoms with Crippen LogP contribution in [0, 0.1) is 0 Å². The standard InChI is InChI=1S/C27H27N5O3/c1-34-21-12-8-18(9-13-21)16-25(33)29-26-30-27-28-23(19-6-4-3-5-7-19)17-24(32(27)31-26)20-10-14-22(35-2)15-11-20/h3-15,23-24H,16-17H2,1-2H3,(H2,28,29,30,31,33)/t23-,24+/m1/s1. The quantitative estimate of drug-likeness (QED) is 0.410. The SMILES string of the molecule is COc1ccc(CC(=O)Nc2nc3n(n2)[C@H](c2ccc(OC)cc2)C[C@H](c2ccccc2)N3)cc1. The maximum atomic E-state index is 12.7. The maximum absolute atomic E-state index is 12.7. The molecule has 178 valence electrons. The number of aromatic nitrogens is 3. The lowest BCUT2D eigenvalue weighted by molar-refractivity contribution is -0.115. The van der Waals surface area contributed by atoms with Crippen LogP contribution in [0.4, 0.5) is 11.9 Å². The summed E-state index contributed by atoms with van der Waals surface area (Å²) in [5.74, 6) is 2.26. The second-order valence-electron chi connectivity index (χ2n) is 8.41. The fraction of sp³-hybridized carbons (Fsp3) is 0.222. The number of ether oxygens (including phenoxy) is 2. The number of rotatable bonds is 7. The molecule has 8 nitrogen and oxygen atoms in total. The van der Waals surface area contributed by atoms with Gasteiger partial charge in [0.25, 0.3) is 5.95 Å². The van der Waals surface area contributed by atoms with Gasteiger partial charge in [-0.15, -0.1) is 5.10 Å². The molecule has 2 N–H and O–H groups in total. The number of amides is 1. The molecular formula is C27H27N5O3. The van der Waals surface area contributed by atoms with E-state index in [1.54, 1.807) is 14.2 Å². The number of carbonyl (C=O) groups excluding carboxylic acids is 1. The van der Waals surface area contributed by atoms with Crippen LogP contribution in [-0.4, -0.2) is 34.9 Å². The average molecular weight is 470 g/mol. The topological polar surface area (TPSA) is 90.3 Å². The summed E-state index contributed by atoms with van der Waals surface area (Å²) in [6.45, 7) is 0. The van der Waals surface area contributed by atoms with Crippen molar-refractivity contribution in [3.05, 3.63) is 95.6 Å². The molecule has 0 bridgehead atoms. The van der Waals surface area contributed by atoms with Gasteiger partial charge in [-0.3, -0.25) is 10.1 Å². The van der Waals surface area contributed by atoms with Gasteiger partial charge in [-0.05, 0) is 47.4 Å². The molecule has 1 aliphatic heterocycles. The van der Waals surface area contributed by atoms with Gasteiger partial charge in [0.15, 0.2) is 0 Å². The molecule has 0 saturated heterocycles. The van der Waals surface area contributed by atoms with Gasteiger partial charge in [0.05, 0.1) is 32.7 Å². The molecule has 1 aliphatic rings. The van der Waals surface area contributed by atoms with Gasteiger partial charge >= 0.3 is 0 Å². The van der Waals surface area contributed by atoms with Gasteiger partial charge in [0.2, 0.25) is 11.9 Å². The number of fused-ring (bicyclic) bond motifs is 1. The molecule has 8 heteroatoms. The minimum absolute atomic E-state index is 0.0536. The van der Waals surface area contributed by atoms with Crippen molar-refractivity contribution in [1.82, 2.24) is 14.8 Å². The minimum atomic E-state index is -0.182. The number of methoxy groups -OCH3 is 2. The number of nitrogens with one attached hydrogen (secondary N) is 2. The second-order valence-corrected chi connectivity index (χ2v) is 8.41. The zero-order valence-electron chi connectivity index (χ0n) is 19.6. The summed E-state index contributed by atoms with van der Waals surface area (Å²) in [6, 6.07) is 25.7. The first-order valence-corrected chi connectivity index (χ1v) is 11.5. The van der Waals surface area contributed by atoms with E-state index in [2.05, 4.69) is 32.8 Å². The van der Waals surface area contributed by atoms with Gasteiger partial charge in [0.1, 0.15) is 11.5 Å². The van der Waals surface area contributed by atoms with E-state index in [4.69, 9.17) is 9.47 Å². The number of hydrogen-bond donors (Lipinski definition) is 2. The molecule has 2 atom stereocenters. The first-order valence-electron chi connectivity index (χ1n) is 11.5. The Balaban J connectivity index is 1.39. The highest BCUT2D eigenvalue weighted by atomic mass is 16.5. The van der Waals surface area contributed by atoms with Gasteiger partial charge in [-0.1, -0.05) is 54.6 Å². The Labute approximate surface area is 203 Å². The molecule has 0 aliphatic carbocycles. The summed E-state index contributed by atoms with van der Waals surface area (Å²) in [7, 11) is 3.27. The largest absolute Gasteiger partial charge is 0.497 e. The van der Waals surface area contributed by atoms with Gasteiger partial charge in [-0.2, -0.15) is 4.98 Å². The molecule has 0 spiro atoms. The van der Waals surface area contributed by atoms with Crippen LogP contribution in [0.5, 0.6) is 11.5 Å². The van der Waals surface area contributed by atoms with Gasteiger partial charge in [-0.25, -0.2) is 4.68 Å². The van der Waals surface area contributed by atoms with Crippen molar-refractivity contribution in [3.8, 4) is 11.5 Å². The van der Waals surface area contributed by atoms with Gasteiger partial charge in [0, 0.05) is 0 Å². The molecule has 2 heterocycles. The lowest BCUT2D eigenvalue weighted by Crippen LogP contribution is -2.28. The monoisotopic (exact) mass is 469 g/mol. The van der Waals surface area contributed by atoms with Crippen LogP contribution in [0.2, 0.25) is 0 Å². The third-order valence-corrected chi connectivity index (χ3v) is 6.17. The third kappa shape index (κ3) is 4.96. The minimum Gasteiger partial charge on any atom is -0.497 e. The smallest absolute Gasteiger partial charge is 0.250 e. The Hall–Kier alpha value is -4.33. The predicted octanol–water partition coefficient (Wildman–Crippen LogP) is 4.62. The van der Waals surface area contributed by atoms with E-state index in [1.165, 1.54) is 5.56 Å². The first-order chi connectivity index (χ1) is 17.1. The molecule has 1 amide bonds. The van der Waals surface area contributed by atoms with Crippen LogP contribution in [-0.2, 0) is 11.2 Å². The number of hydrogen-bond acceptors (Lipinski definition) is 6. The van der Waals surface area contributed by atoms with Crippen LogP contribution in [0.25, 0.3) is 0 Å². The Morgan fingerprint density at radius 2 is 1.60 bits per heavy atom. The zero-order valence-corrected chi connectivity index (χ0v) is 19.6. The van der Waals surface area contributed by atoms with E-state index in [-0.39, 0.29) is 30.4 Å². The number of carbonyl (C=O) groups is 1. The van der Waals surface area contributed by atoms with E-state index in [0.29, 0.717) is 5.95 Å². The van der Waals surface area contributed by atoms with Crippen LogP contribution >= 0.6 is 0 Å². The van der Waals surface area contributed by atoms with E-state index >= 15 is 0 Å². The van der Waals surface area contributed by atoms with Crippen molar-refractivity contribution in [1.29, 1.82) is 0 Å². The van der Waals surface area contributed by atoms with Crippen LogP contribution in [0.15, 0.2) is 78.9 Å². The summed E-state index contributed by atoms with van der Waals surface area (Å²) in [4.78, 5) is 17.3. The van der Waals surface area contributed by atoms with E-state index in [1.807, 2.05) is 71.4 Å². The second kappa shape index (κ2) is 9.89.